The van der Waals surface area contributed by atoms with Gasteiger partial charge in [0.25, 0.3) is 5.91 Å². The number of hydrogen-bond donors (Lipinski definition) is 2. The maximum atomic E-state index is 12.2. The maximum absolute atomic E-state index is 12.2. The van der Waals surface area contributed by atoms with E-state index in [4.69, 9.17) is 16.3 Å². The molecule has 2 N–H and O–H groups in total. The lowest BCUT2D eigenvalue weighted by molar-refractivity contribution is -0.128. The average Bonchev–Trinajstić information content (AvgIpc) is 2.91. The van der Waals surface area contributed by atoms with Crippen LogP contribution in [0.1, 0.15) is 20.8 Å². The smallest absolute Gasteiger partial charge is 0.324 e. The number of nitrogens with one attached hydrogen (secondary N) is 2. The van der Waals surface area contributed by atoms with Gasteiger partial charge in [0.2, 0.25) is 0 Å². The first kappa shape index (κ1) is 17.4. The Bertz CT molecular complexity index is 592. The molecule has 1 heterocycles. The number of ether oxygens (including phenoxy) is 1. The van der Waals surface area contributed by atoms with Crippen LogP contribution in [0.25, 0.3) is 0 Å². The van der Waals surface area contributed by atoms with E-state index in [9.17, 15) is 9.59 Å². The van der Waals surface area contributed by atoms with Gasteiger partial charge in [0.15, 0.2) is 0 Å². The predicted octanol–water partition coefficient (Wildman–Crippen LogP) is 2.73. The summed E-state index contributed by atoms with van der Waals surface area (Å²) >= 11 is 6.20. The van der Waals surface area contributed by atoms with Crippen LogP contribution in [0.2, 0.25) is 5.02 Å². The highest BCUT2D eigenvalue weighted by molar-refractivity contribution is 6.32. The Kier molecular flexibility index (Phi) is 5.71. The third kappa shape index (κ3) is 4.51. The van der Waals surface area contributed by atoms with Crippen molar-refractivity contribution in [3.05, 3.63) is 23.2 Å². The number of urea groups is 1. The van der Waals surface area contributed by atoms with Gasteiger partial charge in [-0.2, -0.15) is 0 Å². The van der Waals surface area contributed by atoms with Gasteiger partial charge in [-0.1, -0.05) is 25.4 Å². The number of imide groups is 1. The first-order chi connectivity index (χ1) is 10.9. The highest BCUT2D eigenvalue weighted by Crippen LogP contribution is 2.28. The van der Waals surface area contributed by atoms with Gasteiger partial charge in [-0.05, 0) is 31.0 Å². The third-order valence-corrected chi connectivity index (χ3v) is 3.68. The molecule has 7 heteroatoms. The summed E-state index contributed by atoms with van der Waals surface area (Å²) in [7, 11) is 0. The molecule has 126 valence electrons. The Morgan fingerprint density at radius 2 is 2.17 bits per heavy atom. The minimum atomic E-state index is -0.530. The van der Waals surface area contributed by atoms with Gasteiger partial charge in [0.05, 0.1) is 11.6 Å². The number of carbonyl (C=O) groups excluding carboxylic acids is 2. The SMILES string of the molecule is CC(C)COc1ccc(N[C@@H](C)C(=O)N2CCNC2=O)cc1Cl. The van der Waals surface area contributed by atoms with Gasteiger partial charge >= 0.3 is 6.03 Å². The molecule has 1 aromatic rings. The zero-order chi connectivity index (χ0) is 17.0. The Morgan fingerprint density at radius 3 is 2.74 bits per heavy atom. The number of rotatable bonds is 6. The Labute approximate surface area is 141 Å². The van der Waals surface area contributed by atoms with Crippen molar-refractivity contribution < 1.29 is 14.3 Å². The molecule has 1 fully saturated rings. The van der Waals surface area contributed by atoms with Crippen molar-refractivity contribution in [2.24, 2.45) is 5.92 Å². The summed E-state index contributed by atoms with van der Waals surface area (Å²) in [6, 6.07) is 4.41. The molecule has 2 rings (SSSR count). The highest BCUT2D eigenvalue weighted by atomic mass is 35.5. The molecule has 0 aromatic heterocycles. The molecule has 1 atom stereocenters. The quantitative estimate of drug-likeness (QED) is 0.836. The average molecular weight is 340 g/mol. The summed E-state index contributed by atoms with van der Waals surface area (Å²) in [4.78, 5) is 25.0. The number of halogens is 1. The summed E-state index contributed by atoms with van der Waals surface area (Å²) in [5, 5.41) is 6.15. The van der Waals surface area contributed by atoms with Crippen LogP contribution in [0.5, 0.6) is 5.75 Å². The number of hydrogen-bond acceptors (Lipinski definition) is 4. The van der Waals surface area contributed by atoms with E-state index in [0.29, 0.717) is 42.1 Å². The monoisotopic (exact) mass is 339 g/mol. The molecule has 1 aliphatic rings. The van der Waals surface area contributed by atoms with E-state index in [1.54, 1.807) is 25.1 Å². The molecule has 1 saturated heterocycles. The van der Waals surface area contributed by atoms with Crippen molar-refractivity contribution in [1.82, 2.24) is 10.2 Å². The van der Waals surface area contributed by atoms with Crippen molar-refractivity contribution in [2.45, 2.75) is 26.8 Å². The molecule has 3 amide bonds. The Balaban J connectivity index is 1.98. The van der Waals surface area contributed by atoms with Crippen molar-refractivity contribution >= 4 is 29.2 Å². The normalized spacial score (nSPS) is 15.5. The molecule has 23 heavy (non-hydrogen) atoms. The number of anilines is 1. The zero-order valence-corrected chi connectivity index (χ0v) is 14.3. The van der Waals surface area contributed by atoms with E-state index in [0.717, 1.165) is 0 Å². The summed E-state index contributed by atoms with van der Waals surface area (Å²) in [5.41, 5.74) is 0.701. The van der Waals surface area contributed by atoms with Gasteiger partial charge in [-0.15, -0.1) is 0 Å². The number of benzene rings is 1. The van der Waals surface area contributed by atoms with E-state index < -0.39 is 6.04 Å². The van der Waals surface area contributed by atoms with E-state index >= 15 is 0 Å². The summed E-state index contributed by atoms with van der Waals surface area (Å²) < 4.78 is 5.61. The van der Waals surface area contributed by atoms with Gasteiger partial charge in [-0.25, -0.2) is 4.79 Å². The van der Waals surface area contributed by atoms with Crippen LogP contribution in [0.15, 0.2) is 18.2 Å². The molecular weight excluding hydrogens is 318 g/mol. The van der Waals surface area contributed by atoms with E-state index in [1.165, 1.54) is 4.90 Å². The molecule has 1 aliphatic heterocycles. The fourth-order valence-electron chi connectivity index (χ4n) is 2.19. The zero-order valence-electron chi connectivity index (χ0n) is 13.6. The largest absolute Gasteiger partial charge is 0.492 e. The van der Waals surface area contributed by atoms with Crippen molar-refractivity contribution in [1.29, 1.82) is 0 Å². The van der Waals surface area contributed by atoms with Gasteiger partial charge in [-0.3, -0.25) is 9.69 Å². The van der Waals surface area contributed by atoms with Gasteiger partial charge in [0, 0.05) is 18.8 Å². The fourth-order valence-corrected chi connectivity index (χ4v) is 2.43. The second-order valence-corrected chi connectivity index (χ2v) is 6.35. The van der Waals surface area contributed by atoms with E-state index in [1.807, 2.05) is 0 Å². The highest BCUT2D eigenvalue weighted by Gasteiger charge is 2.29. The lowest BCUT2D eigenvalue weighted by Gasteiger charge is -2.20. The topological polar surface area (TPSA) is 70.7 Å². The molecule has 0 aliphatic carbocycles. The van der Waals surface area contributed by atoms with Crippen molar-refractivity contribution in [3.63, 3.8) is 0 Å². The Hall–Kier alpha value is -1.95. The minimum absolute atomic E-state index is 0.267. The molecular formula is C16H22ClN3O3. The van der Waals surface area contributed by atoms with Gasteiger partial charge in [0.1, 0.15) is 11.8 Å². The fraction of sp³-hybridized carbons (Fsp3) is 0.500. The first-order valence-corrected chi connectivity index (χ1v) is 8.04. The van der Waals surface area contributed by atoms with Crippen molar-refractivity contribution in [2.75, 3.05) is 25.0 Å². The lowest BCUT2D eigenvalue weighted by Crippen LogP contribution is -2.43. The number of carbonyl (C=O) groups is 2. The molecule has 0 radical (unpaired) electrons. The van der Waals surface area contributed by atoms with E-state index in [2.05, 4.69) is 24.5 Å². The molecule has 0 unspecified atom stereocenters. The van der Waals surface area contributed by atoms with Gasteiger partial charge < -0.3 is 15.4 Å². The molecule has 1 aromatic carbocycles. The summed E-state index contributed by atoms with van der Waals surface area (Å²) in [6.07, 6.45) is 0. The van der Waals surface area contributed by atoms with Crippen LogP contribution in [0, 0.1) is 5.92 Å². The summed E-state index contributed by atoms with van der Waals surface area (Å²) in [5.74, 6) is 0.758. The predicted molar refractivity (Wildman–Crippen MR) is 90.0 cm³/mol. The minimum Gasteiger partial charge on any atom is -0.492 e. The first-order valence-electron chi connectivity index (χ1n) is 7.66. The second kappa shape index (κ2) is 7.55. The van der Waals surface area contributed by atoms with Crippen LogP contribution in [-0.4, -0.2) is 42.6 Å². The van der Waals surface area contributed by atoms with Crippen LogP contribution >= 0.6 is 11.6 Å². The maximum Gasteiger partial charge on any atom is 0.324 e. The summed E-state index contributed by atoms with van der Waals surface area (Å²) in [6.45, 7) is 7.31. The van der Waals surface area contributed by atoms with E-state index in [-0.39, 0.29) is 11.9 Å². The van der Waals surface area contributed by atoms with Crippen LogP contribution in [-0.2, 0) is 4.79 Å². The molecule has 0 spiro atoms. The molecule has 6 nitrogen and oxygen atoms in total. The van der Waals surface area contributed by atoms with Crippen LogP contribution in [0.4, 0.5) is 10.5 Å². The lowest BCUT2D eigenvalue weighted by atomic mass is 10.2. The van der Waals surface area contributed by atoms with Crippen molar-refractivity contribution in [3.8, 4) is 5.75 Å². The standard InChI is InChI=1S/C16H22ClN3O3/c1-10(2)9-23-14-5-4-12(8-13(14)17)19-11(3)15(21)20-7-6-18-16(20)22/h4-5,8,10-11,19H,6-7,9H2,1-3H3,(H,18,22)/t11-/m0/s1. The number of amides is 3. The third-order valence-electron chi connectivity index (χ3n) is 3.38. The number of nitrogens with zero attached hydrogens (tertiary/aromatic N) is 1. The molecule has 0 bridgehead atoms. The van der Waals surface area contributed by atoms with Crippen LogP contribution < -0.4 is 15.4 Å². The molecule has 0 saturated carbocycles. The second-order valence-electron chi connectivity index (χ2n) is 5.94. The Morgan fingerprint density at radius 1 is 1.43 bits per heavy atom. The van der Waals surface area contributed by atoms with Crippen LogP contribution in [0.3, 0.4) is 0 Å².